The van der Waals surface area contributed by atoms with Crippen LogP contribution in [0.1, 0.15) is 12.5 Å². The van der Waals surface area contributed by atoms with Crippen molar-refractivity contribution >= 4 is 29.0 Å². The molecule has 0 fully saturated rings. The standard InChI is InChI=1S/C13H13Cl2N3O/c1-13(19,9-3-2-4-10(14)5-9)8-17-12-7-16-6-11(15)18-12/h2-7,19H,8H2,1H3,(H,17,18). The van der Waals surface area contributed by atoms with Crippen LogP contribution in [-0.2, 0) is 5.60 Å². The van der Waals surface area contributed by atoms with Gasteiger partial charge >= 0.3 is 0 Å². The summed E-state index contributed by atoms with van der Waals surface area (Å²) in [5.41, 5.74) is -0.350. The molecule has 1 unspecified atom stereocenters. The molecule has 0 aliphatic carbocycles. The Morgan fingerprint density at radius 1 is 1.32 bits per heavy atom. The first-order valence-electron chi connectivity index (χ1n) is 5.67. The van der Waals surface area contributed by atoms with E-state index in [0.29, 0.717) is 16.0 Å². The van der Waals surface area contributed by atoms with E-state index in [2.05, 4.69) is 15.3 Å². The number of aliphatic hydroxyl groups is 1. The first-order valence-corrected chi connectivity index (χ1v) is 6.43. The van der Waals surface area contributed by atoms with Gasteiger partial charge in [0.15, 0.2) is 0 Å². The highest BCUT2D eigenvalue weighted by Gasteiger charge is 2.23. The molecule has 2 N–H and O–H groups in total. The van der Waals surface area contributed by atoms with Crippen LogP contribution in [0.3, 0.4) is 0 Å². The molecule has 6 heteroatoms. The minimum absolute atomic E-state index is 0.266. The molecule has 1 aromatic carbocycles. The van der Waals surface area contributed by atoms with Crippen LogP contribution in [-0.4, -0.2) is 21.6 Å². The van der Waals surface area contributed by atoms with E-state index in [-0.39, 0.29) is 6.54 Å². The molecule has 2 aromatic rings. The molecular weight excluding hydrogens is 285 g/mol. The van der Waals surface area contributed by atoms with Crippen molar-refractivity contribution in [1.29, 1.82) is 0 Å². The van der Waals surface area contributed by atoms with Crippen LogP contribution in [0, 0.1) is 0 Å². The van der Waals surface area contributed by atoms with Crippen LogP contribution in [0.2, 0.25) is 10.2 Å². The molecule has 0 aliphatic rings. The third-order valence-corrected chi connectivity index (χ3v) is 3.08. The van der Waals surface area contributed by atoms with E-state index < -0.39 is 5.60 Å². The monoisotopic (exact) mass is 297 g/mol. The summed E-state index contributed by atoms with van der Waals surface area (Å²) >= 11 is 11.7. The lowest BCUT2D eigenvalue weighted by molar-refractivity contribution is 0.0714. The largest absolute Gasteiger partial charge is 0.384 e. The van der Waals surface area contributed by atoms with Crippen molar-refractivity contribution in [1.82, 2.24) is 9.97 Å². The van der Waals surface area contributed by atoms with Crippen LogP contribution in [0.5, 0.6) is 0 Å². The third-order valence-electron chi connectivity index (χ3n) is 2.67. The van der Waals surface area contributed by atoms with E-state index in [9.17, 15) is 5.11 Å². The molecule has 4 nitrogen and oxygen atoms in total. The Labute approximate surface area is 121 Å². The summed E-state index contributed by atoms with van der Waals surface area (Å²) in [4.78, 5) is 7.95. The van der Waals surface area contributed by atoms with E-state index in [1.165, 1.54) is 6.20 Å². The average molecular weight is 298 g/mol. The molecule has 2 rings (SSSR count). The summed E-state index contributed by atoms with van der Waals surface area (Å²) in [6.45, 7) is 1.96. The minimum atomic E-state index is -1.07. The van der Waals surface area contributed by atoms with Crippen molar-refractivity contribution in [2.75, 3.05) is 11.9 Å². The predicted molar refractivity (Wildman–Crippen MR) is 76.6 cm³/mol. The first-order chi connectivity index (χ1) is 8.97. The van der Waals surface area contributed by atoms with Crippen LogP contribution in [0.15, 0.2) is 36.7 Å². The van der Waals surface area contributed by atoms with Crippen LogP contribution >= 0.6 is 23.2 Å². The Balaban J connectivity index is 2.09. The molecule has 0 aliphatic heterocycles. The predicted octanol–water partition coefficient (Wildman–Crippen LogP) is 3.10. The highest BCUT2D eigenvalue weighted by Crippen LogP contribution is 2.23. The zero-order chi connectivity index (χ0) is 13.9. The fraction of sp³-hybridized carbons (Fsp3) is 0.231. The molecule has 0 radical (unpaired) electrons. The van der Waals surface area contributed by atoms with Gasteiger partial charge in [0, 0.05) is 11.6 Å². The van der Waals surface area contributed by atoms with Crippen LogP contribution < -0.4 is 5.32 Å². The van der Waals surface area contributed by atoms with Crippen molar-refractivity contribution in [2.45, 2.75) is 12.5 Å². The maximum atomic E-state index is 10.4. The molecule has 100 valence electrons. The smallest absolute Gasteiger partial charge is 0.149 e. The molecule has 0 bridgehead atoms. The van der Waals surface area contributed by atoms with E-state index in [4.69, 9.17) is 23.2 Å². The Bertz CT molecular complexity index is 575. The van der Waals surface area contributed by atoms with E-state index >= 15 is 0 Å². The molecule has 1 atom stereocenters. The normalized spacial score (nSPS) is 13.9. The van der Waals surface area contributed by atoms with E-state index in [1.807, 2.05) is 6.07 Å². The zero-order valence-electron chi connectivity index (χ0n) is 10.3. The summed E-state index contributed by atoms with van der Waals surface area (Å²) in [5, 5.41) is 14.3. The lowest BCUT2D eigenvalue weighted by atomic mass is 9.96. The molecule has 0 saturated heterocycles. The highest BCUT2D eigenvalue weighted by atomic mass is 35.5. The second-order valence-electron chi connectivity index (χ2n) is 4.36. The number of rotatable bonds is 4. The van der Waals surface area contributed by atoms with Gasteiger partial charge < -0.3 is 10.4 Å². The molecular formula is C13H13Cl2N3O. The number of hydrogen-bond acceptors (Lipinski definition) is 4. The molecule has 0 spiro atoms. The van der Waals surface area contributed by atoms with Gasteiger partial charge in [0.1, 0.15) is 16.6 Å². The number of nitrogens with one attached hydrogen (secondary N) is 1. The zero-order valence-corrected chi connectivity index (χ0v) is 11.8. The summed E-state index contributed by atoms with van der Waals surface area (Å²) in [7, 11) is 0. The third kappa shape index (κ3) is 3.80. The van der Waals surface area contributed by atoms with Gasteiger partial charge in [0.25, 0.3) is 0 Å². The van der Waals surface area contributed by atoms with Crippen molar-refractivity contribution in [3.63, 3.8) is 0 Å². The quantitative estimate of drug-likeness (QED) is 0.910. The van der Waals surface area contributed by atoms with Crippen molar-refractivity contribution in [3.8, 4) is 0 Å². The molecule has 0 amide bonds. The van der Waals surface area contributed by atoms with Gasteiger partial charge in [-0.3, -0.25) is 4.98 Å². The van der Waals surface area contributed by atoms with Crippen molar-refractivity contribution in [2.24, 2.45) is 0 Å². The number of anilines is 1. The summed E-state index contributed by atoms with van der Waals surface area (Å²) in [6, 6.07) is 7.10. The highest BCUT2D eigenvalue weighted by molar-refractivity contribution is 6.30. The minimum Gasteiger partial charge on any atom is -0.384 e. The maximum Gasteiger partial charge on any atom is 0.149 e. The number of halogens is 2. The number of aromatic nitrogens is 2. The fourth-order valence-corrected chi connectivity index (χ4v) is 1.95. The Morgan fingerprint density at radius 3 is 2.79 bits per heavy atom. The van der Waals surface area contributed by atoms with Crippen molar-refractivity contribution < 1.29 is 5.11 Å². The molecule has 1 aromatic heterocycles. The number of nitrogens with zero attached hydrogens (tertiary/aromatic N) is 2. The van der Waals surface area contributed by atoms with Gasteiger partial charge in [0.2, 0.25) is 0 Å². The van der Waals surface area contributed by atoms with Gasteiger partial charge in [-0.1, -0.05) is 35.3 Å². The van der Waals surface area contributed by atoms with Crippen LogP contribution in [0.4, 0.5) is 5.82 Å². The SMILES string of the molecule is CC(O)(CNc1cncc(Cl)n1)c1cccc(Cl)c1. The lowest BCUT2D eigenvalue weighted by Gasteiger charge is -2.24. The number of benzene rings is 1. The second kappa shape index (κ2) is 5.74. The van der Waals surface area contributed by atoms with Gasteiger partial charge in [-0.2, -0.15) is 0 Å². The summed E-state index contributed by atoms with van der Waals surface area (Å²) < 4.78 is 0. The first kappa shape index (κ1) is 14.1. The summed E-state index contributed by atoms with van der Waals surface area (Å²) in [6.07, 6.45) is 2.99. The Kier molecular flexibility index (Phi) is 4.24. The van der Waals surface area contributed by atoms with E-state index in [1.54, 1.807) is 31.3 Å². The van der Waals surface area contributed by atoms with Gasteiger partial charge in [0.05, 0.1) is 12.4 Å². The Morgan fingerprint density at radius 2 is 2.11 bits per heavy atom. The van der Waals surface area contributed by atoms with Gasteiger partial charge in [-0.15, -0.1) is 0 Å². The lowest BCUT2D eigenvalue weighted by Crippen LogP contribution is -2.31. The second-order valence-corrected chi connectivity index (χ2v) is 5.19. The average Bonchev–Trinajstić information content (AvgIpc) is 2.37. The van der Waals surface area contributed by atoms with E-state index in [0.717, 1.165) is 5.56 Å². The van der Waals surface area contributed by atoms with Gasteiger partial charge in [-0.25, -0.2) is 4.98 Å². The van der Waals surface area contributed by atoms with Crippen LogP contribution in [0.25, 0.3) is 0 Å². The Hall–Kier alpha value is -1.36. The number of hydrogen-bond donors (Lipinski definition) is 2. The molecule has 19 heavy (non-hydrogen) atoms. The van der Waals surface area contributed by atoms with Crippen molar-refractivity contribution in [3.05, 3.63) is 52.4 Å². The molecule has 1 heterocycles. The summed E-state index contributed by atoms with van der Waals surface area (Å²) in [5.74, 6) is 0.509. The van der Waals surface area contributed by atoms with Gasteiger partial charge in [-0.05, 0) is 24.6 Å². The topological polar surface area (TPSA) is 58.0 Å². The fourth-order valence-electron chi connectivity index (χ4n) is 1.62. The maximum absolute atomic E-state index is 10.4. The molecule has 0 saturated carbocycles.